The zero-order valence-corrected chi connectivity index (χ0v) is 21.4. The molecule has 1 aliphatic rings. The van der Waals surface area contributed by atoms with Crippen LogP contribution in [0.3, 0.4) is 0 Å². The minimum Gasteiger partial charge on any atom is -0.474 e. The molecule has 3 N–H and O–H groups in total. The van der Waals surface area contributed by atoms with Gasteiger partial charge in [0.15, 0.2) is 11.6 Å². The van der Waals surface area contributed by atoms with Crippen LogP contribution in [0.4, 0.5) is 35.3 Å². The van der Waals surface area contributed by atoms with Crippen LogP contribution in [0.5, 0.6) is 5.88 Å². The van der Waals surface area contributed by atoms with E-state index in [4.69, 9.17) is 9.84 Å². The van der Waals surface area contributed by atoms with Crippen molar-refractivity contribution in [1.82, 2.24) is 15.0 Å². The van der Waals surface area contributed by atoms with Crippen molar-refractivity contribution >= 4 is 23.4 Å². The summed E-state index contributed by atoms with van der Waals surface area (Å²) in [4.78, 5) is 29.9. The molecule has 1 aliphatic heterocycles. The first kappa shape index (κ1) is 28.0. The normalized spacial score (nSPS) is 16.3. The van der Waals surface area contributed by atoms with E-state index < -0.39 is 30.5 Å². The maximum absolute atomic E-state index is 13.5. The molecule has 0 radical (unpaired) electrons. The SMILES string of the molecule is CCN1CC[C@@H](C)N(C(=O)Nc2cnc(OC[C@H](O)CO)cn2)c2nc(-c3cccc(C(F)(F)F)c3)ccc21. The van der Waals surface area contributed by atoms with Gasteiger partial charge in [0.2, 0.25) is 5.88 Å². The smallest absolute Gasteiger partial charge is 0.416 e. The molecular weight excluding hydrogens is 517 g/mol. The highest BCUT2D eigenvalue weighted by atomic mass is 19.4. The number of carbonyl (C=O) groups excluding carboxylic acids is 1. The number of aliphatic hydroxyl groups is 2. The number of fused-ring (bicyclic) bond motifs is 1. The molecule has 0 saturated heterocycles. The number of urea groups is 1. The van der Waals surface area contributed by atoms with Crippen LogP contribution < -0.4 is 19.9 Å². The molecule has 0 aliphatic carbocycles. The Labute approximate surface area is 223 Å². The summed E-state index contributed by atoms with van der Waals surface area (Å²) >= 11 is 0. The minimum atomic E-state index is -4.50. The van der Waals surface area contributed by atoms with Gasteiger partial charge in [-0.1, -0.05) is 12.1 Å². The molecule has 2 atom stereocenters. The molecule has 208 valence electrons. The van der Waals surface area contributed by atoms with Crippen molar-refractivity contribution in [3.05, 3.63) is 54.4 Å². The summed E-state index contributed by atoms with van der Waals surface area (Å²) < 4.78 is 45.2. The number of halogens is 3. The summed E-state index contributed by atoms with van der Waals surface area (Å²) in [6.45, 7) is 4.52. The highest BCUT2D eigenvalue weighted by Gasteiger charge is 2.33. The van der Waals surface area contributed by atoms with Gasteiger partial charge in [0, 0.05) is 24.7 Å². The van der Waals surface area contributed by atoms with Crippen molar-refractivity contribution in [1.29, 1.82) is 0 Å². The van der Waals surface area contributed by atoms with Gasteiger partial charge in [-0.2, -0.15) is 13.2 Å². The fraction of sp³-hybridized carbons (Fsp3) is 0.385. The number of anilines is 3. The predicted molar refractivity (Wildman–Crippen MR) is 139 cm³/mol. The van der Waals surface area contributed by atoms with E-state index in [0.717, 1.165) is 12.1 Å². The van der Waals surface area contributed by atoms with Gasteiger partial charge in [-0.3, -0.25) is 10.2 Å². The molecule has 1 aromatic carbocycles. The molecule has 2 amide bonds. The molecule has 2 aromatic heterocycles. The Balaban J connectivity index is 1.64. The summed E-state index contributed by atoms with van der Waals surface area (Å²) in [6.07, 6.45) is -2.38. The summed E-state index contributed by atoms with van der Waals surface area (Å²) in [5.74, 6) is 0.551. The van der Waals surface area contributed by atoms with Crippen LogP contribution in [0, 0.1) is 0 Å². The van der Waals surface area contributed by atoms with E-state index in [-0.39, 0.29) is 29.9 Å². The molecule has 13 heteroatoms. The summed E-state index contributed by atoms with van der Waals surface area (Å²) in [7, 11) is 0. The van der Waals surface area contributed by atoms with Crippen molar-refractivity contribution in [2.45, 2.75) is 38.6 Å². The zero-order valence-electron chi connectivity index (χ0n) is 21.4. The molecule has 4 rings (SSSR count). The number of hydrogen-bond donors (Lipinski definition) is 3. The van der Waals surface area contributed by atoms with E-state index in [1.54, 1.807) is 18.2 Å². The van der Waals surface area contributed by atoms with Crippen molar-refractivity contribution in [2.75, 3.05) is 41.4 Å². The first-order chi connectivity index (χ1) is 18.6. The highest BCUT2D eigenvalue weighted by molar-refractivity contribution is 6.03. The molecule has 3 aromatic rings. The van der Waals surface area contributed by atoms with E-state index in [1.807, 2.05) is 13.8 Å². The van der Waals surface area contributed by atoms with E-state index in [2.05, 4.69) is 25.2 Å². The largest absolute Gasteiger partial charge is 0.474 e. The third-order valence-corrected chi connectivity index (χ3v) is 6.26. The van der Waals surface area contributed by atoms with Gasteiger partial charge >= 0.3 is 12.2 Å². The fourth-order valence-electron chi connectivity index (χ4n) is 4.17. The van der Waals surface area contributed by atoms with Crippen LogP contribution >= 0.6 is 0 Å². The van der Waals surface area contributed by atoms with Crippen LogP contribution in [-0.4, -0.2) is 69.6 Å². The minimum absolute atomic E-state index is 0.0972. The van der Waals surface area contributed by atoms with Crippen molar-refractivity contribution in [3.8, 4) is 17.1 Å². The number of rotatable bonds is 7. The molecule has 0 saturated carbocycles. The number of aliphatic hydroxyl groups excluding tert-OH is 2. The molecule has 0 unspecified atom stereocenters. The summed E-state index contributed by atoms with van der Waals surface area (Å²) in [5, 5.41) is 21.0. The van der Waals surface area contributed by atoms with Crippen LogP contribution in [0.25, 0.3) is 11.3 Å². The number of pyridine rings is 1. The van der Waals surface area contributed by atoms with Crippen LogP contribution in [-0.2, 0) is 6.18 Å². The van der Waals surface area contributed by atoms with Gasteiger partial charge < -0.3 is 19.8 Å². The molecule has 3 heterocycles. The lowest BCUT2D eigenvalue weighted by atomic mass is 10.1. The van der Waals surface area contributed by atoms with Gasteiger partial charge in [-0.05, 0) is 44.5 Å². The number of nitrogens with one attached hydrogen (secondary N) is 1. The van der Waals surface area contributed by atoms with Crippen molar-refractivity contribution < 1.29 is 32.9 Å². The average Bonchev–Trinajstić information content (AvgIpc) is 3.07. The third kappa shape index (κ3) is 6.55. The maximum atomic E-state index is 13.5. The number of amides is 2. The van der Waals surface area contributed by atoms with Gasteiger partial charge in [0.1, 0.15) is 12.7 Å². The molecule has 0 bridgehead atoms. The van der Waals surface area contributed by atoms with Gasteiger partial charge in [0.05, 0.1) is 35.9 Å². The van der Waals surface area contributed by atoms with Gasteiger partial charge in [-0.25, -0.2) is 19.7 Å². The first-order valence-electron chi connectivity index (χ1n) is 12.4. The molecule has 0 fully saturated rings. The molecule has 0 spiro atoms. The molecule has 39 heavy (non-hydrogen) atoms. The number of carbonyl (C=O) groups is 1. The van der Waals surface area contributed by atoms with E-state index in [0.29, 0.717) is 36.7 Å². The van der Waals surface area contributed by atoms with Crippen molar-refractivity contribution in [3.63, 3.8) is 0 Å². The Morgan fingerprint density at radius 3 is 2.69 bits per heavy atom. The average molecular weight is 547 g/mol. The van der Waals surface area contributed by atoms with Gasteiger partial charge in [-0.15, -0.1) is 0 Å². The van der Waals surface area contributed by atoms with E-state index >= 15 is 0 Å². The lowest BCUT2D eigenvalue weighted by Gasteiger charge is -2.28. The van der Waals surface area contributed by atoms with Gasteiger partial charge in [0.25, 0.3) is 0 Å². The number of ether oxygens (including phenoxy) is 1. The van der Waals surface area contributed by atoms with E-state index in [1.165, 1.54) is 23.4 Å². The molecule has 10 nitrogen and oxygen atoms in total. The first-order valence-corrected chi connectivity index (χ1v) is 12.4. The van der Waals surface area contributed by atoms with E-state index in [9.17, 15) is 23.1 Å². The Hall–Kier alpha value is -3.97. The third-order valence-electron chi connectivity index (χ3n) is 6.26. The number of alkyl halides is 3. The van der Waals surface area contributed by atoms with Crippen LogP contribution in [0.1, 0.15) is 25.8 Å². The standard InChI is InChI=1S/C26H29F3N6O4/c1-3-34-10-9-16(2)35(25(38)33-22-12-31-23(13-30-22)39-15-19(37)14-36)24-21(34)8-7-20(32-24)17-5-4-6-18(11-17)26(27,28)29/h4-8,11-13,16,19,36-37H,3,9-10,14-15H2,1-2H3,(H,30,33,38)/t16-,19-/m1/s1. The second-order valence-corrected chi connectivity index (χ2v) is 9.02. The van der Waals surface area contributed by atoms with Crippen LogP contribution in [0.2, 0.25) is 0 Å². The Morgan fingerprint density at radius 2 is 2.03 bits per heavy atom. The number of hydrogen-bond acceptors (Lipinski definition) is 8. The number of nitrogens with zero attached hydrogens (tertiary/aromatic N) is 5. The highest BCUT2D eigenvalue weighted by Crippen LogP contribution is 2.37. The monoisotopic (exact) mass is 546 g/mol. The summed E-state index contributed by atoms with van der Waals surface area (Å²) in [6, 6.07) is 7.51. The molecular formula is C26H29F3N6O4. The van der Waals surface area contributed by atoms with Crippen LogP contribution in [0.15, 0.2) is 48.8 Å². The number of benzene rings is 1. The number of aromatic nitrogens is 3. The maximum Gasteiger partial charge on any atom is 0.416 e. The fourth-order valence-corrected chi connectivity index (χ4v) is 4.17. The Kier molecular flexibility index (Phi) is 8.51. The zero-order chi connectivity index (χ0) is 28.2. The quantitative estimate of drug-likeness (QED) is 0.407. The Morgan fingerprint density at radius 1 is 1.23 bits per heavy atom. The summed E-state index contributed by atoms with van der Waals surface area (Å²) in [5.41, 5.74) is 0.478. The lowest BCUT2D eigenvalue weighted by molar-refractivity contribution is -0.137. The second kappa shape index (κ2) is 11.8. The Bertz CT molecular complexity index is 1290. The second-order valence-electron chi connectivity index (χ2n) is 9.02. The lowest BCUT2D eigenvalue weighted by Crippen LogP contribution is -2.42. The predicted octanol–water partition coefficient (Wildman–Crippen LogP) is 3.95. The van der Waals surface area contributed by atoms with Crippen molar-refractivity contribution in [2.24, 2.45) is 0 Å². The topological polar surface area (TPSA) is 124 Å².